The molecule has 202 valence electrons. The highest BCUT2D eigenvalue weighted by Gasteiger charge is 2.21. The molecule has 34 heavy (non-hydrogen) atoms. The van der Waals surface area contributed by atoms with Crippen molar-refractivity contribution in [3.63, 3.8) is 0 Å². The number of rotatable bonds is 27. The molecule has 0 aromatic heterocycles. The van der Waals surface area contributed by atoms with E-state index >= 15 is 0 Å². The van der Waals surface area contributed by atoms with Gasteiger partial charge in [-0.25, -0.2) is 4.79 Å². The monoisotopic (exact) mass is 482 g/mol. The molecule has 0 spiro atoms. The van der Waals surface area contributed by atoms with Gasteiger partial charge < -0.3 is 9.84 Å². The Bertz CT molecular complexity index is 449. The fourth-order valence-corrected chi connectivity index (χ4v) is 4.55. The van der Waals surface area contributed by atoms with Crippen LogP contribution in [0.4, 0.5) is 0 Å². The minimum Gasteiger partial charge on any atom is -0.479 e. The average molecular weight is 483 g/mol. The molecule has 4 nitrogen and oxygen atoms in total. The van der Waals surface area contributed by atoms with E-state index in [9.17, 15) is 14.7 Å². The van der Waals surface area contributed by atoms with Crippen molar-refractivity contribution in [1.29, 1.82) is 0 Å². The first-order valence-corrected chi connectivity index (χ1v) is 15.0. The number of esters is 1. The molecule has 1 unspecified atom stereocenters. The third-order valence-electron chi connectivity index (χ3n) is 6.85. The van der Waals surface area contributed by atoms with E-state index in [-0.39, 0.29) is 5.97 Å². The van der Waals surface area contributed by atoms with Gasteiger partial charge >= 0.3 is 11.9 Å². The SMILES string of the molecule is CCCCCCCCCCCCCCCCCC(=O)OC(CCCCCCCCCC)C(=O)O. The minimum atomic E-state index is -1.01. The average Bonchev–Trinajstić information content (AvgIpc) is 2.82. The van der Waals surface area contributed by atoms with Crippen LogP contribution in [0.15, 0.2) is 0 Å². The lowest BCUT2D eigenvalue weighted by molar-refractivity contribution is -0.164. The molecule has 1 atom stereocenters. The Labute approximate surface area is 212 Å². The maximum Gasteiger partial charge on any atom is 0.345 e. The molecule has 0 aliphatic carbocycles. The highest BCUT2D eigenvalue weighted by molar-refractivity contribution is 5.77. The summed E-state index contributed by atoms with van der Waals surface area (Å²) >= 11 is 0. The summed E-state index contributed by atoms with van der Waals surface area (Å²) in [6, 6.07) is 0. The Kier molecular flexibility index (Phi) is 25.7. The maximum atomic E-state index is 12.0. The molecule has 4 heteroatoms. The molecular formula is C30H58O4. The molecule has 0 rings (SSSR count). The van der Waals surface area contributed by atoms with Crippen LogP contribution in [0, 0.1) is 0 Å². The van der Waals surface area contributed by atoms with Gasteiger partial charge in [-0.3, -0.25) is 4.79 Å². The third kappa shape index (κ3) is 24.1. The summed E-state index contributed by atoms with van der Waals surface area (Å²) in [6.45, 7) is 4.48. The van der Waals surface area contributed by atoms with Gasteiger partial charge in [0.2, 0.25) is 0 Å². The van der Waals surface area contributed by atoms with Crippen molar-refractivity contribution in [3.8, 4) is 0 Å². The van der Waals surface area contributed by atoms with Crippen LogP contribution < -0.4 is 0 Å². The Morgan fingerprint density at radius 3 is 1.21 bits per heavy atom. The van der Waals surface area contributed by atoms with E-state index in [0.29, 0.717) is 12.8 Å². The zero-order valence-corrected chi connectivity index (χ0v) is 22.9. The van der Waals surface area contributed by atoms with Gasteiger partial charge in [0.1, 0.15) is 0 Å². The van der Waals surface area contributed by atoms with E-state index in [1.165, 1.54) is 109 Å². The lowest BCUT2D eigenvalue weighted by Gasteiger charge is -2.13. The molecule has 0 saturated heterocycles. The van der Waals surface area contributed by atoms with Gasteiger partial charge in [-0.2, -0.15) is 0 Å². The van der Waals surface area contributed by atoms with Crippen molar-refractivity contribution in [2.45, 2.75) is 180 Å². The number of unbranched alkanes of at least 4 members (excludes halogenated alkanes) is 21. The molecule has 1 N–H and O–H groups in total. The highest BCUT2D eigenvalue weighted by atomic mass is 16.6. The predicted molar refractivity (Wildman–Crippen MR) is 144 cm³/mol. The molecule has 0 amide bonds. The third-order valence-corrected chi connectivity index (χ3v) is 6.85. The van der Waals surface area contributed by atoms with Gasteiger partial charge in [0, 0.05) is 6.42 Å². The van der Waals surface area contributed by atoms with Gasteiger partial charge in [0.25, 0.3) is 0 Å². The number of hydrogen-bond acceptors (Lipinski definition) is 3. The van der Waals surface area contributed by atoms with E-state index in [1.807, 2.05) is 0 Å². The number of carbonyl (C=O) groups excluding carboxylic acids is 1. The van der Waals surface area contributed by atoms with Crippen molar-refractivity contribution in [2.75, 3.05) is 0 Å². The maximum absolute atomic E-state index is 12.0. The summed E-state index contributed by atoms with van der Waals surface area (Å²) in [5.41, 5.74) is 0. The van der Waals surface area contributed by atoms with Crippen LogP contribution in [-0.2, 0) is 14.3 Å². The molecule has 0 bridgehead atoms. The normalized spacial score (nSPS) is 12.1. The van der Waals surface area contributed by atoms with Crippen molar-refractivity contribution in [1.82, 2.24) is 0 Å². The highest BCUT2D eigenvalue weighted by Crippen LogP contribution is 2.15. The predicted octanol–water partition coefficient (Wildman–Crippen LogP) is 9.78. The number of carboxylic acid groups (broad SMARTS) is 1. The van der Waals surface area contributed by atoms with Gasteiger partial charge in [0.05, 0.1) is 0 Å². The molecule has 0 aliphatic rings. The second-order valence-corrected chi connectivity index (χ2v) is 10.3. The molecular weight excluding hydrogens is 424 g/mol. The van der Waals surface area contributed by atoms with E-state index in [2.05, 4.69) is 13.8 Å². The van der Waals surface area contributed by atoms with Crippen LogP contribution in [0.1, 0.15) is 174 Å². The van der Waals surface area contributed by atoms with E-state index in [0.717, 1.165) is 38.5 Å². The molecule has 0 saturated carbocycles. The van der Waals surface area contributed by atoms with Gasteiger partial charge in [-0.15, -0.1) is 0 Å². The first kappa shape index (κ1) is 32.9. The number of carboxylic acids is 1. The first-order chi connectivity index (χ1) is 16.6. The fourth-order valence-electron chi connectivity index (χ4n) is 4.55. The van der Waals surface area contributed by atoms with Crippen LogP contribution in [-0.4, -0.2) is 23.1 Å². The van der Waals surface area contributed by atoms with E-state index < -0.39 is 12.1 Å². The Balaban J connectivity index is 3.52. The number of ether oxygens (including phenoxy) is 1. The Morgan fingerprint density at radius 1 is 0.529 bits per heavy atom. The fraction of sp³-hybridized carbons (Fsp3) is 0.933. The van der Waals surface area contributed by atoms with Gasteiger partial charge in [-0.1, -0.05) is 149 Å². The smallest absolute Gasteiger partial charge is 0.345 e. The molecule has 0 fully saturated rings. The molecule has 0 radical (unpaired) electrons. The summed E-state index contributed by atoms with van der Waals surface area (Å²) in [4.78, 5) is 23.5. The summed E-state index contributed by atoms with van der Waals surface area (Å²) < 4.78 is 5.25. The number of aliphatic carboxylic acids is 1. The van der Waals surface area contributed by atoms with Crippen molar-refractivity contribution in [3.05, 3.63) is 0 Å². The number of carbonyl (C=O) groups is 2. The standard InChI is InChI=1S/C30H58O4/c1-3-5-7-9-11-13-14-15-16-17-18-19-21-23-25-27-29(31)34-28(30(32)33)26-24-22-20-12-10-8-6-4-2/h28H,3-27H2,1-2H3,(H,32,33). The lowest BCUT2D eigenvalue weighted by atomic mass is 10.0. The number of hydrogen-bond donors (Lipinski definition) is 1. The Hall–Kier alpha value is -1.06. The lowest BCUT2D eigenvalue weighted by Crippen LogP contribution is -2.27. The van der Waals surface area contributed by atoms with Crippen LogP contribution in [0.2, 0.25) is 0 Å². The van der Waals surface area contributed by atoms with Crippen molar-refractivity contribution < 1.29 is 19.4 Å². The van der Waals surface area contributed by atoms with Crippen LogP contribution in [0.5, 0.6) is 0 Å². The van der Waals surface area contributed by atoms with E-state index in [1.54, 1.807) is 0 Å². The second-order valence-electron chi connectivity index (χ2n) is 10.3. The molecule has 0 aliphatic heterocycles. The van der Waals surface area contributed by atoms with Crippen LogP contribution in [0.25, 0.3) is 0 Å². The summed E-state index contributed by atoms with van der Waals surface area (Å²) in [5, 5.41) is 9.35. The summed E-state index contributed by atoms with van der Waals surface area (Å²) in [5.74, 6) is -1.35. The zero-order valence-electron chi connectivity index (χ0n) is 22.9. The minimum absolute atomic E-state index is 0.346. The molecule has 0 heterocycles. The molecule has 0 aromatic carbocycles. The molecule has 0 aromatic rings. The second kappa shape index (κ2) is 26.5. The van der Waals surface area contributed by atoms with Crippen molar-refractivity contribution in [2.24, 2.45) is 0 Å². The van der Waals surface area contributed by atoms with Gasteiger partial charge in [0.15, 0.2) is 6.10 Å². The first-order valence-electron chi connectivity index (χ1n) is 15.0. The quantitative estimate of drug-likeness (QED) is 0.0934. The topological polar surface area (TPSA) is 63.6 Å². The van der Waals surface area contributed by atoms with E-state index in [4.69, 9.17) is 4.74 Å². The Morgan fingerprint density at radius 2 is 0.853 bits per heavy atom. The largest absolute Gasteiger partial charge is 0.479 e. The summed E-state index contributed by atoms with van der Waals surface area (Å²) in [6.07, 6.45) is 28.5. The summed E-state index contributed by atoms with van der Waals surface area (Å²) in [7, 11) is 0. The van der Waals surface area contributed by atoms with Crippen LogP contribution in [0.3, 0.4) is 0 Å². The zero-order chi connectivity index (χ0) is 25.1. The van der Waals surface area contributed by atoms with Crippen LogP contribution >= 0.6 is 0 Å². The van der Waals surface area contributed by atoms with Gasteiger partial charge in [-0.05, 0) is 19.3 Å². The van der Waals surface area contributed by atoms with Crippen molar-refractivity contribution >= 4 is 11.9 Å².